The zero-order chi connectivity index (χ0) is 19.7. The van der Waals surface area contributed by atoms with Crippen molar-refractivity contribution in [1.82, 2.24) is 10.2 Å². The average Bonchev–Trinajstić information content (AvgIpc) is 2.96. The first-order valence-electron chi connectivity index (χ1n) is 8.27. The number of aromatic carboxylic acids is 1. The van der Waals surface area contributed by atoms with Crippen LogP contribution in [0.1, 0.15) is 22.8 Å². The molecule has 3 N–H and O–H groups in total. The normalized spacial score (nSPS) is 26.3. The molecule has 2 aliphatic heterocycles. The number of hydrogen-bond donors (Lipinski definition) is 3. The summed E-state index contributed by atoms with van der Waals surface area (Å²) >= 11 is 1.20. The molecule has 0 radical (unpaired) electrons. The third kappa shape index (κ3) is 3.62. The summed E-state index contributed by atoms with van der Waals surface area (Å²) < 4.78 is 5.41. The van der Waals surface area contributed by atoms with Gasteiger partial charge in [0.25, 0.3) is 0 Å². The topological polar surface area (TPSA) is 133 Å². The highest BCUT2D eigenvalue weighted by Gasteiger charge is 2.61. The molecule has 2 heterocycles. The third-order valence-electron chi connectivity index (χ3n) is 4.35. The van der Waals surface area contributed by atoms with E-state index in [0.29, 0.717) is 12.2 Å². The number of rotatable bonds is 7. The van der Waals surface area contributed by atoms with Crippen molar-refractivity contribution in [2.24, 2.45) is 0 Å². The number of benzene rings is 1. The van der Waals surface area contributed by atoms with Crippen LogP contribution in [0.2, 0.25) is 0 Å². The quantitative estimate of drug-likeness (QED) is 0.556. The number of carbonyl (C=O) groups excluding carboxylic acids is 2. The van der Waals surface area contributed by atoms with Crippen LogP contribution in [0.15, 0.2) is 24.3 Å². The average molecular weight is 394 g/mol. The molecule has 2 amide bonds. The highest BCUT2D eigenvalue weighted by molar-refractivity contribution is 8.00. The van der Waals surface area contributed by atoms with Gasteiger partial charge in [-0.1, -0.05) is 23.9 Å². The Labute approximate surface area is 158 Å². The fourth-order valence-electron chi connectivity index (χ4n) is 3.16. The molecule has 1 aromatic carbocycles. The Morgan fingerprint density at radius 1 is 1.30 bits per heavy atom. The van der Waals surface area contributed by atoms with Crippen molar-refractivity contribution in [3.63, 3.8) is 0 Å². The van der Waals surface area contributed by atoms with Crippen molar-refractivity contribution in [2.75, 3.05) is 6.61 Å². The van der Waals surface area contributed by atoms with Crippen LogP contribution in [-0.2, 0) is 25.5 Å². The van der Waals surface area contributed by atoms with E-state index >= 15 is 0 Å². The fourth-order valence-corrected chi connectivity index (χ4v) is 4.75. The van der Waals surface area contributed by atoms with Crippen LogP contribution < -0.4 is 5.32 Å². The lowest BCUT2D eigenvalue weighted by molar-refractivity contribution is -0.163. The van der Waals surface area contributed by atoms with E-state index in [9.17, 15) is 24.3 Å². The van der Waals surface area contributed by atoms with Crippen molar-refractivity contribution >= 4 is 35.5 Å². The van der Waals surface area contributed by atoms with Gasteiger partial charge < -0.3 is 25.2 Å². The van der Waals surface area contributed by atoms with Gasteiger partial charge in [-0.3, -0.25) is 9.59 Å². The number of nitrogens with zero attached hydrogens (tertiary/aromatic N) is 1. The molecular weight excluding hydrogens is 376 g/mol. The highest BCUT2D eigenvalue weighted by Crippen LogP contribution is 2.44. The summed E-state index contributed by atoms with van der Waals surface area (Å²) in [6.07, 6.45) is -0.0838. The minimum atomic E-state index is -1.15. The Morgan fingerprint density at radius 3 is 2.67 bits per heavy atom. The van der Waals surface area contributed by atoms with E-state index in [1.165, 1.54) is 28.8 Å². The lowest BCUT2D eigenvalue weighted by Crippen LogP contribution is -2.70. The van der Waals surface area contributed by atoms with Crippen molar-refractivity contribution in [2.45, 2.75) is 36.2 Å². The van der Waals surface area contributed by atoms with Crippen molar-refractivity contribution in [1.29, 1.82) is 0 Å². The molecule has 3 rings (SSSR count). The van der Waals surface area contributed by atoms with E-state index < -0.39 is 46.6 Å². The Hall–Kier alpha value is -2.59. The molecule has 27 heavy (non-hydrogen) atoms. The van der Waals surface area contributed by atoms with Gasteiger partial charge in [-0.25, -0.2) is 9.59 Å². The van der Waals surface area contributed by atoms with E-state index in [4.69, 9.17) is 9.84 Å². The molecule has 0 spiro atoms. The van der Waals surface area contributed by atoms with Crippen molar-refractivity contribution < 1.29 is 34.1 Å². The number of ether oxygens (including phenoxy) is 1. The number of amides is 2. The summed E-state index contributed by atoms with van der Waals surface area (Å²) in [7, 11) is 0. The molecule has 10 heteroatoms. The van der Waals surface area contributed by atoms with Crippen LogP contribution in [0, 0.1) is 0 Å². The standard InChI is InChI=1S/C17H18N2O7S/c1-2-26-17-12(16(24)25)19-13(21)11(14(19)27-17)18-10(20)7-8-4-3-5-9(6-8)15(22)23/h3-6,11-12,14,17H,2,7H2,1H3,(H,18,20)(H,22,23)(H,24,25)/t11?,12?,14-,17-/m0/s1. The molecule has 0 aromatic heterocycles. The monoisotopic (exact) mass is 394 g/mol. The summed E-state index contributed by atoms with van der Waals surface area (Å²) in [5, 5.41) is 20.5. The predicted octanol–water partition coefficient (Wildman–Crippen LogP) is 0.143. The number of carbonyl (C=O) groups is 4. The number of hydrogen-bond acceptors (Lipinski definition) is 6. The molecule has 2 unspecified atom stereocenters. The Kier molecular flexibility index (Phi) is 5.38. The molecule has 0 aliphatic carbocycles. The highest BCUT2D eigenvalue weighted by atomic mass is 32.2. The lowest BCUT2D eigenvalue weighted by Gasteiger charge is -2.43. The zero-order valence-corrected chi connectivity index (χ0v) is 15.1. The van der Waals surface area contributed by atoms with E-state index in [-0.39, 0.29) is 12.0 Å². The minimum Gasteiger partial charge on any atom is -0.480 e. The smallest absolute Gasteiger partial charge is 0.335 e. The lowest BCUT2D eigenvalue weighted by atomic mass is 10.0. The first-order chi connectivity index (χ1) is 12.8. The summed E-state index contributed by atoms with van der Waals surface area (Å²) in [4.78, 5) is 48.3. The predicted molar refractivity (Wildman–Crippen MR) is 94.1 cm³/mol. The second-order valence-electron chi connectivity index (χ2n) is 6.11. The third-order valence-corrected chi connectivity index (χ3v) is 5.79. The molecule has 2 aliphatic rings. The van der Waals surface area contributed by atoms with Crippen LogP contribution in [-0.4, -0.2) is 68.4 Å². The van der Waals surface area contributed by atoms with E-state index in [2.05, 4.69) is 5.32 Å². The van der Waals surface area contributed by atoms with Crippen LogP contribution in [0.4, 0.5) is 0 Å². The molecule has 0 saturated carbocycles. The van der Waals surface area contributed by atoms with Crippen molar-refractivity contribution in [3.05, 3.63) is 35.4 Å². The van der Waals surface area contributed by atoms with Gasteiger partial charge in [0.1, 0.15) is 16.9 Å². The SMILES string of the molecule is CCO[C@H]1S[C@H]2C(NC(=O)Cc3cccc(C(=O)O)c3)C(=O)N2C1C(=O)O. The van der Waals surface area contributed by atoms with Gasteiger partial charge in [-0.15, -0.1) is 0 Å². The summed E-state index contributed by atoms with van der Waals surface area (Å²) in [6.45, 7) is 2.05. The van der Waals surface area contributed by atoms with Gasteiger partial charge in [0.15, 0.2) is 6.04 Å². The number of nitrogens with one attached hydrogen (secondary N) is 1. The molecule has 1 aromatic rings. The molecule has 2 saturated heterocycles. The molecule has 4 atom stereocenters. The van der Waals surface area contributed by atoms with Gasteiger partial charge >= 0.3 is 11.9 Å². The summed E-state index contributed by atoms with van der Waals surface area (Å²) in [6, 6.07) is 4.08. The number of carboxylic acids is 2. The van der Waals surface area contributed by atoms with E-state index in [0.717, 1.165) is 0 Å². The van der Waals surface area contributed by atoms with E-state index in [1.807, 2.05) is 0 Å². The molecule has 0 bridgehead atoms. The minimum absolute atomic E-state index is 0.0707. The Bertz CT molecular complexity index is 799. The first-order valence-corrected chi connectivity index (χ1v) is 9.21. The molecule has 144 valence electrons. The Morgan fingerprint density at radius 2 is 2.04 bits per heavy atom. The Balaban J connectivity index is 1.64. The second kappa shape index (κ2) is 7.57. The van der Waals surface area contributed by atoms with E-state index in [1.54, 1.807) is 19.1 Å². The number of aliphatic carboxylic acids is 1. The van der Waals surface area contributed by atoms with Crippen molar-refractivity contribution in [3.8, 4) is 0 Å². The summed E-state index contributed by atoms with van der Waals surface area (Å²) in [5.41, 5.74) is -0.109. The number of fused-ring (bicyclic) bond motifs is 1. The summed E-state index contributed by atoms with van der Waals surface area (Å²) in [5.74, 6) is -3.14. The number of carboxylic acid groups (broad SMARTS) is 2. The maximum Gasteiger partial charge on any atom is 0.335 e. The molecular formula is C17H18N2O7S. The zero-order valence-electron chi connectivity index (χ0n) is 14.3. The second-order valence-corrected chi connectivity index (χ2v) is 7.33. The van der Waals surface area contributed by atoms with Gasteiger partial charge in [0.05, 0.1) is 12.0 Å². The first kappa shape index (κ1) is 19.2. The van der Waals surface area contributed by atoms with Crippen LogP contribution in [0.25, 0.3) is 0 Å². The van der Waals surface area contributed by atoms with Gasteiger partial charge in [0, 0.05) is 6.61 Å². The fraction of sp³-hybridized carbons (Fsp3) is 0.412. The van der Waals surface area contributed by atoms with Crippen LogP contribution in [0.3, 0.4) is 0 Å². The number of thioether (sulfide) groups is 1. The van der Waals surface area contributed by atoms with Gasteiger partial charge in [-0.2, -0.15) is 0 Å². The maximum atomic E-state index is 12.3. The number of β-lactam (4-membered cyclic amide) rings is 1. The molecule has 2 fully saturated rings. The van der Waals surface area contributed by atoms with Gasteiger partial charge in [0.2, 0.25) is 11.8 Å². The largest absolute Gasteiger partial charge is 0.480 e. The molecule has 9 nitrogen and oxygen atoms in total. The maximum absolute atomic E-state index is 12.3. The van der Waals surface area contributed by atoms with Crippen LogP contribution >= 0.6 is 11.8 Å². The van der Waals surface area contributed by atoms with Gasteiger partial charge in [-0.05, 0) is 24.6 Å². The van der Waals surface area contributed by atoms with Crippen LogP contribution in [0.5, 0.6) is 0 Å².